The van der Waals surface area contributed by atoms with Crippen molar-refractivity contribution < 1.29 is 14.3 Å². The van der Waals surface area contributed by atoms with Crippen molar-refractivity contribution in [1.82, 2.24) is 40.0 Å². The van der Waals surface area contributed by atoms with Crippen LogP contribution >= 0.6 is 45.2 Å². The van der Waals surface area contributed by atoms with E-state index >= 15 is 0 Å². The number of hydrogen-bond donors (Lipinski definition) is 2. The first-order chi connectivity index (χ1) is 23.9. The van der Waals surface area contributed by atoms with Crippen molar-refractivity contribution in [3.63, 3.8) is 0 Å². The summed E-state index contributed by atoms with van der Waals surface area (Å²) < 4.78 is 17.4. The molecule has 2 aliphatic rings. The molecule has 2 unspecified atom stereocenters. The van der Waals surface area contributed by atoms with Crippen molar-refractivity contribution in [3.05, 3.63) is 90.6 Å². The molecule has 0 aliphatic carbocycles. The Bertz CT molecular complexity index is 1670. The van der Waals surface area contributed by atoms with Gasteiger partial charge in [0, 0.05) is 62.8 Å². The second-order valence-corrected chi connectivity index (χ2v) is 16.9. The van der Waals surface area contributed by atoms with Gasteiger partial charge in [-0.1, -0.05) is 26.0 Å². The lowest BCUT2D eigenvalue weighted by Crippen LogP contribution is -2.71. The van der Waals surface area contributed by atoms with Crippen LogP contribution in [0, 0.1) is 18.0 Å². The lowest BCUT2D eigenvalue weighted by molar-refractivity contribution is -0.162. The summed E-state index contributed by atoms with van der Waals surface area (Å²) in [6, 6.07) is 12.7. The Labute approximate surface area is 322 Å². The SMILES string of the molecule is COc1ccc(CNC(C)N2CC3(C)CN(C(C)NCc4ccc(OC)c(Cn5cc(I)cn5)c4)CC(C)(C2)C3=O)cc1Cn1cc(I)cn1. The van der Waals surface area contributed by atoms with E-state index in [9.17, 15) is 4.79 Å². The Hall–Kier alpha value is -2.57. The summed E-state index contributed by atoms with van der Waals surface area (Å²) in [4.78, 5) is 18.8. The number of carbonyl (C=O) groups excluding carboxylic acids is 1. The van der Waals surface area contributed by atoms with Crippen molar-refractivity contribution in [3.8, 4) is 11.5 Å². The van der Waals surface area contributed by atoms with Crippen molar-refractivity contribution in [2.75, 3.05) is 40.4 Å². The molecule has 2 bridgehead atoms. The van der Waals surface area contributed by atoms with Gasteiger partial charge in [-0.05, 0) is 94.4 Å². The molecule has 2 aliphatic heterocycles. The fourth-order valence-electron chi connectivity index (χ4n) is 7.69. The first kappa shape index (κ1) is 37.2. The minimum absolute atomic E-state index is 0.108. The molecular weight excluding hydrogens is 858 g/mol. The lowest BCUT2D eigenvalue weighted by atomic mass is 9.64. The molecule has 6 rings (SSSR count). The second-order valence-electron chi connectivity index (χ2n) is 14.4. The lowest BCUT2D eigenvalue weighted by Gasteiger charge is -2.57. The third-order valence-electron chi connectivity index (χ3n) is 10.2. The Morgan fingerprint density at radius 1 is 0.740 bits per heavy atom. The summed E-state index contributed by atoms with van der Waals surface area (Å²) in [5.74, 6) is 2.11. The molecule has 2 atom stereocenters. The minimum atomic E-state index is -0.458. The summed E-state index contributed by atoms with van der Waals surface area (Å²) >= 11 is 4.55. The van der Waals surface area contributed by atoms with E-state index in [0.29, 0.717) is 32.0 Å². The number of likely N-dealkylation sites (tertiary alicyclic amines) is 2. The van der Waals surface area contributed by atoms with Gasteiger partial charge in [-0.25, -0.2) is 0 Å². The molecule has 0 radical (unpaired) electrons. The van der Waals surface area contributed by atoms with Crippen LogP contribution in [0.25, 0.3) is 0 Å². The number of rotatable bonds is 14. The number of benzene rings is 2. The molecule has 50 heavy (non-hydrogen) atoms. The number of fused-ring (bicyclic) bond motifs is 2. The molecule has 4 aromatic rings. The molecule has 11 nitrogen and oxygen atoms in total. The molecule has 268 valence electrons. The smallest absolute Gasteiger partial charge is 0.149 e. The molecule has 2 aromatic heterocycles. The van der Waals surface area contributed by atoms with Crippen LogP contribution in [0.1, 0.15) is 49.9 Å². The predicted octanol–water partition coefficient (Wildman–Crippen LogP) is 5.19. The molecule has 0 saturated carbocycles. The van der Waals surface area contributed by atoms with E-state index in [1.54, 1.807) is 14.2 Å². The van der Waals surface area contributed by atoms with Crippen LogP contribution in [0.15, 0.2) is 61.2 Å². The second kappa shape index (κ2) is 15.6. The highest BCUT2D eigenvalue weighted by Gasteiger charge is 2.56. The van der Waals surface area contributed by atoms with E-state index < -0.39 is 10.8 Å². The average molecular weight is 907 g/mol. The monoisotopic (exact) mass is 906 g/mol. The number of methoxy groups -OCH3 is 2. The van der Waals surface area contributed by atoms with Crippen LogP contribution in [-0.2, 0) is 31.0 Å². The Kier molecular flexibility index (Phi) is 11.6. The maximum atomic E-state index is 13.9. The van der Waals surface area contributed by atoms with Crippen LogP contribution in [0.5, 0.6) is 11.5 Å². The Morgan fingerprint density at radius 3 is 1.48 bits per heavy atom. The molecule has 4 heterocycles. The molecule has 0 spiro atoms. The zero-order valence-electron chi connectivity index (χ0n) is 29.7. The Balaban J connectivity index is 1.06. The molecule has 2 N–H and O–H groups in total. The number of carbonyl (C=O) groups is 1. The molecule has 2 saturated heterocycles. The fraction of sp³-hybridized carbons (Fsp3) is 0.486. The molecular formula is C37H48I2N8O3. The van der Waals surface area contributed by atoms with E-state index in [4.69, 9.17) is 9.47 Å². The number of hydrogen-bond acceptors (Lipinski definition) is 9. The third kappa shape index (κ3) is 8.38. The number of piperidine rings is 2. The standard InChI is InChI=1S/C37H48I2N8O3/c1-25(40-13-27-7-9-33(49-5)29(11-27)17-46-19-31(38)15-42-46)44-21-36(3)23-45(24-37(4,22-44)35(36)48)26(2)41-14-28-8-10-34(50-6)30(12-28)18-47-20-32(39)16-43-47/h7-12,15-16,19-20,25-26,40-41H,13-14,17-18,21-24H2,1-6H3. The number of aromatic nitrogens is 4. The average Bonchev–Trinajstić information content (AvgIpc) is 3.70. The van der Waals surface area contributed by atoms with Gasteiger partial charge in [0.2, 0.25) is 0 Å². The topological polar surface area (TPSA) is 102 Å². The van der Waals surface area contributed by atoms with Crippen molar-refractivity contribution in [2.24, 2.45) is 10.8 Å². The molecule has 2 fully saturated rings. The Morgan fingerprint density at radius 2 is 1.14 bits per heavy atom. The molecule has 13 heteroatoms. The van der Waals surface area contributed by atoms with Crippen molar-refractivity contribution in [1.29, 1.82) is 0 Å². The maximum Gasteiger partial charge on any atom is 0.149 e. The fourth-order valence-corrected chi connectivity index (χ4v) is 8.58. The highest BCUT2D eigenvalue weighted by Crippen LogP contribution is 2.43. The molecule has 2 aromatic carbocycles. The van der Waals surface area contributed by atoms with Crippen molar-refractivity contribution in [2.45, 2.75) is 66.2 Å². The summed E-state index contributed by atoms with van der Waals surface area (Å²) in [5.41, 5.74) is 3.64. The zero-order chi connectivity index (χ0) is 35.6. The third-order valence-corrected chi connectivity index (χ3v) is 11.3. The number of ether oxygens (including phenoxy) is 2. The molecule has 0 amide bonds. The predicted molar refractivity (Wildman–Crippen MR) is 211 cm³/mol. The van der Waals surface area contributed by atoms with Crippen molar-refractivity contribution >= 4 is 51.0 Å². The van der Waals surface area contributed by atoms with Gasteiger partial charge >= 0.3 is 0 Å². The van der Waals surface area contributed by atoms with E-state index in [0.717, 1.165) is 55.9 Å². The minimum Gasteiger partial charge on any atom is -0.496 e. The van der Waals surface area contributed by atoms with Crippen LogP contribution < -0.4 is 20.1 Å². The number of Topliss-reactive ketones (excluding diaryl/α,β-unsaturated/α-hetero) is 1. The van der Waals surface area contributed by atoms with Gasteiger partial charge in [0.05, 0.1) is 70.0 Å². The van der Waals surface area contributed by atoms with E-state index in [2.05, 4.69) is 128 Å². The highest BCUT2D eigenvalue weighted by atomic mass is 127. The van der Waals surface area contributed by atoms with Crippen LogP contribution in [0.4, 0.5) is 0 Å². The quantitative estimate of drug-likeness (QED) is 0.166. The summed E-state index contributed by atoms with van der Waals surface area (Å²) in [6.45, 7) is 14.4. The number of ketones is 1. The van der Waals surface area contributed by atoms with Gasteiger partial charge in [-0.15, -0.1) is 0 Å². The summed E-state index contributed by atoms with van der Waals surface area (Å²) in [5, 5.41) is 16.4. The maximum absolute atomic E-state index is 13.9. The van der Waals surface area contributed by atoms with Crippen LogP contribution in [-0.4, -0.2) is 87.9 Å². The van der Waals surface area contributed by atoms with Gasteiger partial charge in [0.25, 0.3) is 0 Å². The highest BCUT2D eigenvalue weighted by molar-refractivity contribution is 14.1. The van der Waals surface area contributed by atoms with Crippen LogP contribution in [0.2, 0.25) is 0 Å². The largest absolute Gasteiger partial charge is 0.496 e. The summed E-state index contributed by atoms with van der Waals surface area (Å²) in [7, 11) is 3.42. The van der Waals surface area contributed by atoms with Gasteiger partial charge in [0.15, 0.2) is 0 Å². The summed E-state index contributed by atoms with van der Waals surface area (Å²) in [6.07, 6.45) is 8.00. The van der Waals surface area contributed by atoms with E-state index in [-0.39, 0.29) is 12.3 Å². The van der Waals surface area contributed by atoms with Gasteiger partial charge in [0.1, 0.15) is 17.3 Å². The normalized spacial score (nSPS) is 22.4. The van der Waals surface area contributed by atoms with E-state index in [1.807, 2.05) is 46.3 Å². The zero-order valence-corrected chi connectivity index (χ0v) is 34.1. The first-order valence-electron chi connectivity index (χ1n) is 17.1. The number of halogens is 2. The first-order valence-corrected chi connectivity index (χ1v) is 19.2. The van der Waals surface area contributed by atoms with Gasteiger partial charge in [-0.3, -0.25) is 34.6 Å². The van der Waals surface area contributed by atoms with Gasteiger partial charge < -0.3 is 9.47 Å². The van der Waals surface area contributed by atoms with E-state index in [1.165, 1.54) is 11.1 Å². The number of nitrogens with zero attached hydrogens (tertiary/aromatic N) is 6. The number of nitrogens with one attached hydrogen (secondary N) is 2. The van der Waals surface area contributed by atoms with Gasteiger partial charge in [-0.2, -0.15) is 10.2 Å². The van der Waals surface area contributed by atoms with Crippen LogP contribution in [0.3, 0.4) is 0 Å².